The lowest BCUT2D eigenvalue weighted by atomic mass is 9.55. The van der Waals surface area contributed by atoms with Gasteiger partial charge >= 0.3 is 11.9 Å². The topological polar surface area (TPSA) is 105 Å². The SMILES string of the molecule is Cc1cc(C(=O)Oc2ccc(C3(c4ccc(OC(=O)c5ccc(C)c(N)c5)cc4)CC(C)CC(C)(C)C3)cc2)ccc1N. The summed E-state index contributed by atoms with van der Waals surface area (Å²) in [5.41, 5.74) is 17.9. The van der Waals surface area contributed by atoms with Gasteiger partial charge in [-0.25, -0.2) is 9.59 Å². The Kier molecular flexibility index (Phi) is 8.06. The lowest BCUT2D eigenvalue weighted by molar-refractivity contribution is 0.0725. The smallest absolute Gasteiger partial charge is 0.343 e. The Morgan fingerprint density at radius 1 is 0.674 bits per heavy atom. The maximum atomic E-state index is 12.8. The Labute approximate surface area is 254 Å². The van der Waals surface area contributed by atoms with E-state index >= 15 is 0 Å². The molecule has 222 valence electrons. The minimum atomic E-state index is -0.444. The van der Waals surface area contributed by atoms with Crippen molar-refractivity contribution < 1.29 is 19.1 Å². The summed E-state index contributed by atoms with van der Waals surface area (Å²) in [5.74, 6) is 0.601. The van der Waals surface area contributed by atoms with Crippen LogP contribution < -0.4 is 20.9 Å². The van der Waals surface area contributed by atoms with Crippen molar-refractivity contribution in [1.29, 1.82) is 0 Å². The Morgan fingerprint density at radius 3 is 1.67 bits per heavy atom. The van der Waals surface area contributed by atoms with Crippen LogP contribution in [-0.4, -0.2) is 11.9 Å². The molecule has 6 nitrogen and oxygen atoms in total. The summed E-state index contributed by atoms with van der Waals surface area (Å²) in [6, 6.07) is 26.1. The molecule has 0 aliphatic heterocycles. The highest BCUT2D eigenvalue weighted by molar-refractivity contribution is 5.92. The van der Waals surface area contributed by atoms with Crippen molar-refractivity contribution in [3.8, 4) is 11.5 Å². The summed E-state index contributed by atoms with van der Waals surface area (Å²) in [6.45, 7) is 10.7. The van der Waals surface area contributed by atoms with E-state index in [1.807, 2.05) is 44.2 Å². The fourth-order valence-corrected chi connectivity index (χ4v) is 6.76. The van der Waals surface area contributed by atoms with Crippen LogP contribution in [0.2, 0.25) is 0 Å². The number of nitrogens with two attached hydrogens (primary N) is 2. The highest BCUT2D eigenvalue weighted by atomic mass is 16.5. The van der Waals surface area contributed by atoms with E-state index in [9.17, 15) is 9.59 Å². The van der Waals surface area contributed by atoms with Gasteiger partial charge in [0, 0.05) is 16.8 Å². The lowest BCUT2D eigenvalue weighted by Gasteiger charge is -2.48. The molecule has 0 saturated heterocycles. The third-order valence-corrected chi connectivity index (χ3v) is 8.63. The molecule has 4 N–H and O–H groups in total. The van der Waals surface area contributed by atoms with Crippen molar-refractivity contribution in [1.82, 2.24) is 0 Å². The third kappa shape index (κ3) is 6.43. The standard InChI is InChI=1S/C37H40N2O4/c1-23-20-36(4,5)22-37(21-23,28-9-13-30(14-10-28)42-34(40)26-8-17-32(38)25(3)18-26)29-11-15-31(16-12-29)43-35(41)27-7-6-24(2)33(39)19-27/h6-19,23H,20-22,38-39H2,1-5H3. The van der Waals surface area contributed by atoms with Crippen LogP contribution in [0, 0.1) is 25.2 Å². The van der Waals surface area contributed by atoms with E-state index in [1.165, 1.54) is 0 Å². The molecule has 4 aromatic carbocycles. The Balaban J connectivity index is 1.41. The summed E-state index contributed by atoms with van der Waals surface area (Å²) in [6.07, 6.45) is 3.07. The molecule has 43 heavy (non-hydrogen) atoms. The fourth-order valence-electron chi connectivity index (χ4n) is 6.76. The van der Waals surface area contributed by atoms with E-state index in [0.29, 0.717) is 39.9 Å². The maximum Gasteiger partial charge on any atom is 0.343 e. The zero-order chi connectivity index (χ0) is 30.9. The molecule has 2 atom stereocenters. The van der Waals surface area contributed by atoms with Crippen LogP contribution in [0.1, 0.15) is 83.0 Å². The Hall–Kier alpha value is -4.58. The van der Waals surface area contributed by atoms with E-state index in [2.05, 4.69) is 45.0 Å². The molecule has 0 heterocycles. The summed E-state index contributed by atoms with van der Waals surface area (Å²) in [7, 11) is 0. The van der Waals surface area contributed by atoms with Gasteiger partial charge in [0.2, 0.25) is 0 Å². The number of carbonyl (C=O) groups excluding carboxylic acids is 2. The molecule has 0 bridgehead atoms. The van der Waals surface area contributed by atoms with Crippen molar-refractivity contribution >= 4 is 23.3 Å². The van der Waals surface area contributed by atoms with E-state index in [4.69, 9.17) is 20.9 Å². The summed E-state index contributed by atoms with van der Waals surface area (Å²) >= 11 is 0. The molecule has 1 aliphatic rings. The first-order valence-corrected chi connectivity index (χ1v) is 14.7. The summed E-state index contributed by atoms with van der Waals surface area (Å²) in [4.78, 5) is 25.6. The number of benzene rings is 4. The van der Waals surface area contributed by atoms with E-state index in [0.717, 1.165) is 41.5 Å². The number of aryl methyl sites for hydroxylation is 2. The van der Waals surface area contributed by atoms with Crippen LogP contribution in [0.25, 0.3) is 0 Å². The zero-order valence-electron chi connectivity index (χ0n) is 25.6. The van der Waals surface area contributed by atoms with Crippen LogP contribution in [0.3, 0.4) is 0 Å². The van der Waals surface area contributed by atoms with Gasteiger partial charge in [0.1, 0.15) is 11.5 Å². The molecule has 0 aromatic heterocycles. The number of nitrogen functional groups attached to an aromatic ring is 2. The van der Waals surface area contributed by atoms with Gasteiger partial charge in [-0.05, 0) is 121 Å². The lowest BCUT2D eigenvalue weighted by Crippen LogP contribution is -2.41. The van der Waals surface area contributed by atoms with E-state index in [1.54, 1.807) is 30.3 Å². The Bertz CT molecular complexity index is 1550. The second-order valence-electron chi connectivity index (χ2n) is 12.9. The second kappa shape index (κ2) is 11.6. The predicted molar refractivity (Wildman–Crippen MR) is 172 cm³/mol. The van der Waals surface area contributed by atoms with Gasteiger partial charge < -0.3 is 20.9 Å². The molecule has 1 fully saturated rings. The van der Waals surface area contributed by atoms with Crippen molar-refractivity contribution in [2.75, 3.05) is 11.5 Å². The first-order valence-electron chi connectivity index (χ1n) is 14.7. The molecule has 0 radical (unpaired) electrons. The van der Waals surface area contributed by atoms with Crippen LogP contribution in [0.15, 0.2) is 84.9 Å². The minimum absolute atomic E-state index is 0.117. The van der Waals surface area contributed by atoms with Gasteiger partial charge in [0.25, 0.3) is 0 Å². The normalized spacial score (nSPS) is 19.4. The average Bonchev–Trinajstić information content (AvgIpc) is 2.95. The minimum Gasteiger partial charge on any atom is -0.423 e. The van der Waals surface area contributed by atoms with Gasteiger partial charge in [0.15, 0.2) is 0 Å². The van der Waals surface area contributed by atoms with Crippen molar-refractivity contribution in [3.63, 3.8) is 0 Å². The molecule has 1 aliphatic carbocycles. The summed E-state index contributed by atoms with van der Waals surface area (Å²) < 4.78 is 11.4. The molecule has 6 heteroatoms. The number of ether oxygens (including phenoxy) is 2. The van der Waals surface area contributed by atoms with Crippen LogP contribution in [0.5, 0.6) is 11.5 Å². The number of rotatable bonds is 6. The number of esters is 2. The molecule has 0 amide bonds. The fraction of sp³-hybridized carbons (Fsp3) is 0.297. The van der Waals surface area contributed by atoms with Crippen molar-refractivity contribution in [2.24, 2.45) is 11.3 Å². The molecular weight excluding hydrogens is 536 g/mol. The average molecular weight is 577 g/mol. The number of anilines is 2. The van der Waals surface area contributed by atoms with Crippen molar-refractivity contribution in [3.05, 3.63) is 118 Å². The second-order valence-corrected chi connectivity index (χ2v) is 12.9. The number of carbonyl (C=O) groups is 2. The number of hydrogen-bond donors (Lipinski definition) is 2. The van der Waals surface area contributed by atoms with Crippen LogP contribution in [0.4, 0.5) is 11.4 Å². The number of hydrogen-bond acceptors (Lipinski definition) is 6. The maximum absolute atomic E-state index is 12.8. The monoisotopic (exact) mass is 576 g/mol. The van der Waals surface area contributed by atoms with Crippen LogP contribution >= 0.6 is 0 Å². The van der Waals surface area contributed by atoms with Gasteiger partial charge in [-0.1, -0.05) is 51.1 Å². The molecule has 2 unspecified atom stereocenters. The predicted octanol–water partition coefficient (Wildman–Crippen LogP) is 8.04. The molecule has 5 rings (SSSR count). The molecule has 0 spiro atoms. The van der Waals surface area contributed by atoms with E-state index in [-0.39, 0.29) is 10.8 Å². The highest BCUT2D eigenvalue weighted by Gasteiger charge is 2.45. The molecule has 4 aromatic rings. The first kappa shape index (κ1) is 29.9. The zero-order valence-corrected chi connectivity index (χ0v) is 25.6. The van der Waals surface area contributed by atoms with Gasteiger partial charge in [0.05, 0.1) is 11.1 Å². The first-order chi connectivity index (χ1) is 20.3. The molecule has 1 saturated carbocycles. The Morgan fingerprint density at radius 2 is 1.19 bits per heavy atom. The third-order valence-electron chi connectivity index (χ3n) is 8.63. The highest BCUT2D eigenvalue weighted by Crippen LogP contribution is 2.53. The van der Waals surface area contributed by atoms with Crippen molar-refractivity contribution in [2.45, 2.75) is 59.3 Å². The molecular formula is C37H40N2O4. The largest absolute Gasteiger partial charge is 0.423 e. The van der Waals surface area contributed by atoms with Gasteiger partial charge in [-0.15, -0.1) is 0 Å². The summed E-state index contributed by atoms with van der Waals surface area (Å²) in [5, 5.41) is 0. The van der Waals surface area contributed by atoms with Gasteiger partial charge in [-0.2, -0.15) is 0 Å². The van der Waals surface area contributed by atoms with Gasteiger partial charge in [-0.3, -0.25) is 0 Å². The van der Waals surface area contributed by atoms with Crippen LogP contribution in [-0.2, 0) is 5.41 Å². The quantitative estimate of drug-likeness (QED) is 0.137. The van der Waals surface area contributed by atoms with E-state index < -0.39 is 11.9 Å².